The van der Waals surface area contributed by atoms with Crippen molar-refractivity contribution in [2.45, 2.75) is 32.0 Å². The zero-order valence-corrected chi connectivity index (χ0v) is 25.7. The number of ether oxygens (including phenoxy) is 2. The normalized spacial score (nSPS) is 16.2. The summed E-state index contributed by atoms with van der Waals surface area (Å²) in [6, 6.07) is 23.3. The Bertz CT molecular complexity index is 2020. The maximum atomic E-state index is 14.1. The number of urea groups is 1. The number of halogens is 2. The molecule has 2 aliphatic rings. The van der Waals surface area contributed by atoms with Gasteiger partial charge in [-0.15, -0.1) is 0 Å². The fraction of sp³-hybridized carbons (Fsp3) is 0.222. The van der Waals surface area contributed by atoms with Crippen LogP contribution in [0, 0.1) is 11.6 Å². The summed E-state index contributed by atoms with van der Waals surface area (Å²) in [5, 5.41) is 2.63. The van der Waals surface area contributed by atoms with E-state index in [1.165, 1.54) is 6.07 Å². The molecule has 0 bridgehead atoms. The van der Waals surface area contributed by atoms with Gasteiger partial charge in [0.15, 0.2) is 11.6 Å². The summed E-state index contributed by atoms with van der Waals surface area (Å²) in [4.78, 5) is 49.4. The summed E-state index contributed by atoms with van der Waals surface area (Å²) in [6.45, 7) is 1.14. The van der Waals surface area contributed by atoms with E-state index in [-0.39, 0.29) is 56.9 Å². The van der Waals surface area contributed by atoms with Crippen molar-refractivity contribution in [1.82, 2.24) is 19.8 Å². The Morgan fingerprint density at radius 3 is 2.60 bits per heavy atom. The molecule has 0 radical (unpaired) electrons. The van der Waals surface area contributed by atoms with Gasteiger partial charge in [-0.1, -0.05) is 48.5 Å². The highest BCUT2D eigenvalue weighted by atomic mass is 19.2. The van der Waals surface area contributed by atoms with Gasteiger partial charge in [-0.2, -0.15) is 0 Å². The number of likely N-dealkylation sites (tertiary alicyclic amines) is 1. The topological polar surface area (TPSA) is 117 Å². The number of rotatable bonds is 5. The molecule has 1 fully saturated rings. The number of hydrogen-bond donors (Lipinski definition) is 2. The fourth-order valence-electron chi connectivity index (χ4n) is 6.10. The number of aromatic amines is 1. The second kappa shape index (κ2) is 13.1. The number of Topliss-reactive ketones (excluding diaryl/α,β-unsaturated/α-hetero) is 1. The van der Waals surface area contributed by atoms with Crippen LogP contribution in [0.4, 0.5) is 24.3 Å². The Morgan fingerprint density at radius 2 is 1.77 bits per heavy atom. The van der Waals surface area contributed by atoms with Crippen LogP contribution in [0.25, 0.3) is 22.2 Å². The van der Waals surface area contributed by atoms with Crippen molar-refractivity contribution in [2.24, 2.45) is 0 Å². The third-order valence-corrected chi connectivity index (χ3v) is 8.56. The standard InChI is InChI=1S/C36H31F2N5O5/c37-28-9-6-25(17-29(28)38)32-19-27(44)12-13-43(32)36(46)42-14-15-47-33-11-8-23(16-26(33)20-42)24-7-10-30-31(18-24)40-34(39-30)41-35(45)48-21-22-4-2-1-3-5-22/h1-11,16-18,32H,12-15,19-21H2,(H2,39,40,41,45). The monoisotopic (exact) mass is 651 g/mol. The highest BCUT2D eigenvalue weighted by molar-refractivity contribution is 5.88. The maximum absolute atomic E-state index is 14.1. The summed E-state index contributed by atoms with van der Waals surface area (Å²) in [5.74, 6) is -1.14. The largest absolute Gasteiger partial charge is 0.491 e. The van der Waals surface area contributed by atoms with E-state index in [1.54, 1.807) is 9.80 Å². The van der Waals surface area contributed by atoms with Crippen molar-refractivity contribution >= 4 is 34.9 Å². The third kappa shape index (κ3) is 6.55. The Hall–Kier alpha value is -5.78. The molecule has 1 saturated heterocycles. The molecule has 3 heterocycles. The van der Waals surface area contributed by atoms with Crippen LogP contribution in [0.15, 0.2) is 84.9 Å². The number of anilines is 1. The zero-order chi connectivity index (χ0) is 33.2. The van der Waals surface area contributed by atoms with E-state index >= 15 is 0 Å². The predicted molar refractivity (Wildman–Crippen MR) is 173 cm³/mol. The van der Waals surface area contributed by atoms with Gasteiger partial charge in [0.05, 0.1) is 30.2 Å². The van der Waals surface area contributed by atoms with Crippen LogP contribution in [0.3, 0.4) is 0 Å². The van der Waals surface area contributed by atoms with Crippen LogP contribution in [-0.4, -0.2) is 57.4 Å². The van der Waals surface area contributed by atoms with Crippen molar-refractivity contribution < 1.29 is 32.6 Å². The quantitative estimate of drug-likeness (QED) is 0.212. The van der Waals surface area contributed by atoms with Crippen LogP contribution in [-0.2, 0) is 22.7 Å². The van der Waals surface area contributed by atoms with Crippen LogP contribution < -0.4 is 10.1 Å². The Morgan fingerprint density at radius 1 is 0.958 bits per heavy atom. The van der Waals surface area contributed by atoms with E-state index in [0.29, 0.717) is 28.9 Å². The smallest absolute Gasteiger partial charge is 0.414 e. The van der Waals surface area contributed by atoms with Crippen molar-refractivity contribution in [3.05, 3.63) is 113 Å². The van der Waals surface area contributed by atoms with Gasteiger partial charge in [0, 0.05) is 24.9 Å². The lowest BCUT2D eigenvalue weighted by atomic mass is 9.94. The molecule has 3 amide bonds. The molecule has 4 aromatic carbocycles. The van der Waals surface area contributed by atoms with Crippen molar-refractivity contribution in [2.75, 3.05) is 25.0 Å². The van der Waals surface area contributed by atoms with Gasteiger partial charge in [-0.3, -0.25) is 10.1 Å². The van der Waals surface area contributed by atoms with Gasteiger partial charge < -0.3 is 24.3 Å². The summed E-state index contributed by atoms with van der Waals surface area (Å²) < 4.78 is 39.1. The zero-order valence-electron chi connectivity index (χ0n) is 25.7. The highest BCUT2D eigenvalue weighted by Gasteiger charge is 2.35. The van der Waals surface area contributed by atoms with Crippen LogP contribution in [0.2, 0.25) is 0 Å². The number of nitrogens with zero attached hydrogens (tertiary/aromatic N) is 3. The summed E-state index contributed by atoms with van der Waals surface area (Å²) in [7, 11) is 0. The molecular formula is C36H31F2N5O5. The average molecular weight is 652 g/mol. The van der Waals surface area contributed by atoms with Crippen LogP contribution in [0.1, 0.15) is 35.6 Å². The van der Waals surface area contributed by atoms with Gasteiger partial charge in [0.2, 0.25) is 5.95 Å². The van der Waals surface area contributed by atoms with E-state index in [2.05, 4.69) is 15.3 Å². The number of fused-ring (bicyclic) bond motifs is 2. The van der Waals surface area contributed by atoms with Crippen LogP contribution >= 0.6 is 0 Å². The molecule has 1 aromatic heterocycles. The minimum atomic E-state index is -1.02. The number of H-pyrrole nitrogens is 1. The lowest BCUT2D eigenvalue weighted by Crippen LogP contribution is -2.48. The van der Waals surface area contributed by atoms with Gasteiger partial charge in [0.25, 0.3) is 0 Å². The molecule has 48 heavy (non-hydrogen) atoms. The maximum Gasteiger partial charge on any atom is 0.414 e. The molecule has 7 rings (SSSR count). The first-order valence-corrected chi connectivity index (χ1v) is 15.6. The lowest BCUT2D eigenvalue weighted by molar-refractivity contribution is -0.122. The molecule has 10 nitrogen and oxygen atoms in total. The van der Waals surface area contributed by atoms with E-state index < -0.39 is 23.8 Å². The average Bonchev–Trinajstić information content (AvgIpc) is 3.37. The Kier molecular flexibility index (Phi) is 8.45. The van der Waals surface area contributed by atoms with E-state index in [1.807, 2.05) is 66.7 Å². The SMILES string of the molecule is O=C1CCN(C(=O)N2CCOc3ccc(-c4ccc5nc(NC(=O)OCc6ccccc6)[nH]c5c4)cc3C2)C(c2ccc(F)c(F)c2)C1. The lowest BCUT2D eigenvalue weighted by Gasteiger charge is -2.38. The summed E-state index contributed by atoms with van der Waals surface area (Å²) in [5.41, 5.74) is 5.16. The van der Waals surface area contributed by atoms with Gasteiger partial charge in [-0.05, 0) is 58.7 Å². The molecular weight excluding hydrogens is 620 g/mol. The third-order valence-electron chi connectivity index (χ3n) is 8.56. The van der Waals surface area contributed by atoms with E-state index in [0.717, 1.165) is 34.4 Å². The van der Waals surface area contributed by atoms with Crippen molar-refractivity contribution in [1.29, 1.82) is 0 Å². The number of benzene rings is 4. The minimum absolute atomic E-state index is 0.0318. The summed E-state index contributed by atoms with van der Waals surface area (Å²) >= 11 is 0. The molecule has 0 aliphatic carbocycles. The van der Waals surface area contributed by atoms with Gasteiger partial charge >= 0.3 is 12.1 Å². The number of ketones is 1. The van der Waals surface area contributed by atoms with Crippen LogP contribution in [0.5, 0.6) is 5.75 Å². The molecule has 5 aromatic rings. The summed E-state index contributed by atoms with van der Waals surface area (Å²) in [6.07, 6.45) is -0.404. The first kappa shape index (κ1) is 30.9. The molecule has 0 saturated carbocycles. The highest BCUT2D eigenvalue weighted by Crippen LogP contribution is 2.34. The number of hydrogen-bond acceptors (Lipinski definition) is 6. The molecule has 1 atom stereocenters. The number of carbonyl (C=O) groups excluding carboxylic acids is 3. The fourth-order valence-corrected chi connectivity index (χ4v) is 6.10. The number of carbonyl (C=O) groups is 3. The van der Waals surface area contributed by atoms with Gasteiger partial charge in [-0.25, -0.2) is 23.4 Å². The molecule has 2 N–H and O–H groups in total. The Balaban J connectivity index is 1.07. The molecule has 2 aliphatic heterocycles. The van der Waals surface area contributed by atoms with Crippen molar-refractivity contribution in [3.63, 3.8) is 0 Å². The number of nitrogens with one attached hydrogen (secondary N) is 2. The van der Waals surface area contributed by atoms with Gasteiger partial charge in [0.1, 0.15) is 24.7 Å². The second-order valence-electron chi connectivity index (χ2n) is 11.8. The minimum Gasteiger partial charge on any atom is -0.491 e. The number of aromatic nitrogens is 2. The number of piperidine rings is 1. The molecule has 12 heteroatoms. The van der Waals surface area contributed by atoms with E-state index in [4.69, 9.17) is 9.47 Å². The predicted octanol–water partition coefficient (Wildman–Crippen LogP) is 6.98. The Labute approximate surface area is 274 Å². The van der Waals surface area contributed by atoms with E-state index in [9.17, 15) is 23.2 Å². The molecule has 244 valence electrons. The first-order valence-electron chi connectivity index (χ1n) is 15.6. The first-order chi connectivity index (χ1) is 23.3. The molecule has 0 spiro atoms. The number of amides is 3. The number of imidazole rings is 1. The van der Waals surface area contributed by atoms with Crippen molar-refractivity contribution in [3.8, 4) is 16.9 Å². The second-order valence-corrected chi connectivity index (χ2v) is 11.8. The molecule has 1 unspecified atom stereocenters.